The number of hydrogen-bond donors (Lipinski definition) is 2. The maximum absolute atomic E-state index is 13.8. The van der Waals surface area contributed by atoms with Gasteiger partial charge < -0.3 is 10.2 Å². The van der Waals surface area contributed by atoms with Gasteiger partial charge in [-0.2, -0.15) is 0 Å². The van der Waals surface area contributed by atoms with Gasteiger partial charge in [0.25, 0.3) is 0 Å². The molecule has 5 rings (SSSR count). The number of benzene rings is 1. The fraction of sp³-hybridized carbons (Fsp3) is 0.765. The first kappa shape index (κ1) is 29.3. The largest absolute Gasteiger partial charge is 0.393 e. The molecule has 2 N–H and O–H groups in total. The fourth-order valence-corrected chi connectivity index (χ4v) is 11.8. The molecule has 1 aromatic carbocycles. The molecule has 0 bridgehead atoms. The molecule has 4 aliphatic rings. The average Bonchev–Trinajstić information content (AvgIpc) is 3.30. The highest BCUT2D eigenvalue weighted by atomic mass is 32.2. The third kappa shape index (κ3) is 5.42. The SMILES string of the molecule is CCC(O)CC(C[C@@H](C)[C@H]1CCC2[C@@H]3CC=C4C[C@](O)(CC)CC[C@@H]4C3CC[C@@]21C)S(=O)(=O)c1ccccc1. The first-order chi connectivity index (χ1) is 18.5. The zero-order chi connectivity index (χ0) is 28.0. The maximum atomic E-state index is 13.8. The van der Waals surface area contributed by atoms with Crippen molar-refractivity contribution in [3.8, 4) is 0 Å². The van der Waals surface area contributed by atoms with E-state index in [9.17, 15) is 18.6 Å². The molecule has 1 aromatic rings. The van der Waals surface area contributed by atoms with Crippen molar-refractivity contribution in [2.45, 2.75) is 127 Å². The summed E-state index contributed by atoms with van der Waals surface area (Å²) in [6, 6.07) is 8.86. The van der Waals surface area contributed by atoms with Crippen LogP contribution in [0.5, 0.6) is 0 Å². The van der Waals surface area contributed by atoms with Crippen molar-refractivity contribution < 1.29 is 18.6 Å². The molecule has 4 unspecified atom stereocenters. The number of sulfone groups is 1. The van der Waals surface area contributed by atoms with Crippen LogP contribution in [-0.2, 0) is 9.84 Å². The van der Waals surface area contributed by atoms with Crippen LogP contribution in [0.3, 0.4) is 0 Å². The summed E-state index contributed by atoms with van der Waals surface area (Å²) in [6.07, 6.45) is 13.4. The normalized spacial score (nSPS) is 38.6. The minimum Gasteiger partial charge on any atom is -0.393 e. The second-order valence-electron chi connectivity index (χ2n) is 14.1. The van der Waals surface area contributed by atoms with Crippen molar-refractivity contribution >= 4 is 9.84 Å². The number of aliphatic hydroxyl groups excluding tert-OH is 1. The zero-order valence-corrected chi connectivity index (χ0v) is 25.5. The Hall–Kier alpha value is -1.17. The molecule has 5 heteroatoms. The van der Waals surface area contributed by atoms with Crippen molar-refractivity contribution in [1.29, 1.82) is 0 Å². The van der Waals surface area contributed by atoms with E-state index in [4.69, 9.17) is 0 Å². The van der Waals surface area contributed by atoms with E-state index in [1.165, 1.54) is 25.7 Å². The predicted octanol–water partition coefficient (Wildman–Crippen LogP) is 7.35. The highest BCUT2D eigenvalue weighted by molar-refractivity contribution is 7.92. The monoisotopic (exact) mass is 556 g/mol. The molecule has 39 heavy (non-hydrogen) atoms. The molecule has 0 amide bonds. The highest BCUT2D eigenvalue weighted by Gasteiger charge is 2.57. The summed E-state index contributed by atoms with van der Waals surface area (Å²) in [7, 11) is -3.51. The third-order valence-electron chi connectivity index (χ3n) is 12.2. The van der Waals surface area contributed by atoms with Gasteiger partial charge in [-0.3, -0.25) is 0 Å². The second-order valence-corrected chi connectivity index (χ2v) is 16.3. The molecule has 0 spiro atoms. The van der Waals surface area contributed by atoms with E-state index in [1.807, 2.05) is 13.0 Å². The number of aliphatic hydroxyl groups is 2. The van der Waals surface area contributed by atoms with Gasteiger partial charge in [-0.1, -0.05) is 57.5 Å². The lowest BCUT2D eigenvalue weighted by molar-refractivity contribution is -0.0460. The molecule has 0 radical (unpaired) electrons. The lowest BCUT2D eigenvalue weighted by atomic mass is 9.50. The smallest absolute Gasteiger partial charge is 0.181 e. The van der Waals surface area contributed by atoms with Gasteiger partial charge in [0.2, 0.25) is 0 Å². The van der Waals surface area contributed by atoms with E-state index in [-0.39, 0.29) is 5.41 Å². The topological polar surface area (TPSA) is 74.6 Å². The molecule has 3 fully saturated rings. The fourth-order valence-electron chi connectivity index (χ4n) is 9.84. The van der Waals surface area contributed by atoms with Gasteiger partial charge in [-0.25, -0.2) is 8.42 Å². The quantitative estimate of drug-likeness (QED) is 0.312. The third-order valence-corrected chi connectivity index (χ3v) is 14.4. The van der Waals surface area contributed by atoms with Crippen LogP contribution in [-0.4, -0.2) is 35.6 Å². The van der Waals surface area contributed by atoms with Crippen LogP contribution < -0.4 is 0 Å². The van der Waals surface area contributed by atoms with Crippen LogP contribution in [0.15, 0.2) is 46.9 Å². The van der Waals surface area contributed by atoms with E-state index in [0.29, 0.717) is 47.8 Å². The van der Waals surface area contributed by atoms with E-state index < -0.39 is 26.8 Å². The minimum atomic E-state index is -3.51. The molecule has 4 nitrogen and oxygen atoms in total. The standard InChI is InChI=1S/C34H52O4S/c1-5-25(35)21-27(39(37,38)26-10-8-7-9-11-26)20-23(3)31-14-15-32-30-13-12-24-22-34(36,6-2)19-17-28(24)29(30)16-18-33(31,32)4/h7-12,23,25,27-32,35-36H,5-6,13-22H2,1-4H3/t23-,25?,27?,28+,29?,30-,31-,32?,33-,34+/m1/s1. The van der Waals surface area contributed by atoms with Gasteiger partial charge in [0.05, 0.1) is 21.9 Å². The molecule has 0 aromatic heterocycles. The number of rotatable bonds is 9. The van der Waals surface area contributed by atoms with Gasteiger partial charge in [0, 0.05) is 0 Å². The molecule has 3 saturated carbocycles. The van der Waals surface area contributed by atoms with Crippen molar-refractivity contribution in [2.75, 3.05) is 0 Å². The van der Waals surface area contributed by atoms with Gasteiger partial charge in [0.15, 0.2) is 9.84 Å². The van der Waals surface area contributed by atoms with Crippen molar-refractivity contribution in [1.82, 2.24) is 0 Å². The lowest BCUT2D eigenvalue weighted by Gasteiger charge is -2.55. The lowest BCUT2D eigenvalue weighted by Crippen LogP contribution is -2.48. The van der Waals surface area contributed by atoms with Crippen LogP contribution in [0.4, 0.5) is 0 Å². The van der Waals surface area contributed by atoms with Gasteiger partial charge >= 0.3 is 0 Å². The molecule has 0 saturated heterocycles. The molecule has 0 aliphatic heterocycles. The molecular formula is C34H52O4S. The maximum Gasteiger partial charge on any atom is 0.181 e. The van der Waals surface area contributed by atoms with Crippen molar-refractivity contribution in [2.24, 2.45) is 40.9 Å². The summed E-state index contributed by atoms with van der Waals surface area (Å²) in [5, 5.41) is 21.0. The number of fused-ring (bicyclic) bond motifs is 5. The van der Waals surface area contributed by atoms with E-state index in [0.717, 1.165) is 43.9 Å². The zero-order valence-electron chi connectivity index (χ0n) is 24.7. The molecule has 0 heterocycles. The first-order valence-corrected chi connectivity index (χ1v) is 17.5. The first-order valence-electron chi connectivity index (χ1n) is 15.9. The Morgan fingerprint density at radius 1 is 1.00 bits per heavy atom. The van der Waals surface area contributed by atoms with Crippen LogP contribution >= 0.6 is 0 Å². The Kier molecular flexibility index (Phi) is 8.46. The Labute approximate surface area is 237 Å². The van der Waals surface area contributed by atoms with E-state index >= 15 is 0 Å². The molecule has 4 aliphatic carbocycles. The van der Waals surface area contributed by atoms with Gasteiger partial charge in [0.1, 0.15) is 0 Å². The van der Waals surface area contributed by atoms with Crippen LogP contribution in [0.1, 0.15) is 105 Å². The van der Waals surface area contributed by atoms with E-state index in [1.54, 1.807) is 29.8 Å². The Morgan fingerprint density at radius 3 is 2.44 bits per heavy atom. The Bertz CT molecular complexity index is 1130. The molecule has 10 atom stereocenters. The highest BCUT2D eigenvalue weighted by Crippen LogP contribution is 2.65. The summed E-state index contributed by atoms with van der Waals surface area (Å²) in [5.74, 6) is 3.68. The minimum absolute atomic E-state index is 0.259. The van der Waals surface area contributed by atoms with Gasteiger partial charge in [-0.15, -0.1) is 0 Å². The number of allylic oxidation sites excluding steroid dienone is 1. The molecular weight excluding hydrogens is 504 g/mol. The summed E-state index contributed by atoms with van der Waals surface area (Å²) in [4.78, 5) is 0.383. The summed E-state index contributed by atoms with van der Waals surface area (Å²) in [5.41, 5.74) is 1.31. The van der Waals surface area contributed by atoms with Crippen LogP contribution in [0.2, 0.25) is 0 Å². The van der Waals surface area contributed by atoms with Crippen molar-refractivity contribution in [3.63, 3.8) is 0 Å². The summed E-state index contributed by atoms with van der Waals surface area (Å²) >= 11 is 0. The van der Waals surface area contributed by atoms with Crippen LogP contribution in [0, 0.1) is 40.9 Å². The van der Waals surface area contributed by atoms with Gasteiger partial charge in [-0.05, 0) is 130 Å². The Balaban J connectivity index is 1.33. The second kappa shape index (κ2) is 11.2. The summed E-state index contributed by atoms with van der Waals surface area (Å²) in [6.45, 7) is 8.87. The summed E-state index contributed by atoms with van der Waals surface area (Å²) < 4.78 is 27.5. The van der Waals surface area contributed by atoms with Crippen molar-refractivity contribution in [3.05, 3.63) is 42.0 Å². The van der Waals surface area contributed by atoms with Crippen LogP contribution in [0.25, 0.3) is 0 Å². The number of hydrogen-bond acceptors (Lipinski definition) is 4. The van der Waals surface area contributed by atoms with E-state index in [2.05, 4.69) is 26.8 Å². The Morgan fingerprint density at radius 2 is 1.74 bits per heavy atom. The average molecular weight is 557 g/mol. The molecule has 218 valence electrons. The predicted molar refractivity (Wildman–Crippen MR) is 158 cm³/mol.